The SMILES string of the molecule is O=S(=O)(c1ccc(N2CC(CN3CCC(C4(C5CCCC5)CCCc5ccccc54)CC3)C2)cc1)C1CCCC1. The van der Waals surface area contributed by atoms with Crippen LogP contribution in [0.4, 0.5) is 5.69 Å². The van der Waals surface area contributed by atoms with Crippen LogP contribution in [0.3, 0.4) is 0 Å². The minimum atomic E-state index is -3.16. The Bertz CT molecular complexity index is 1260. The third-order valence-corrected chi connectivity index (χ3v) is 14.0. The van der Waals surface area contributed by atoms with Crippen molar-refractivity contribution in [1.29, 1.82) is 0 Å². The maximum absolute atomic E-state index is 12.9. The van der Waals surface area contributed by atoms with Gasteiger partial charge in [0.1, 0.15) is 0 Å². The van der Waals surface area contributed by atoms with Gasteiger partial charge in [0.25, 0.3) is 0 Å². The van der Waals surface area contributed by atoms with Gasteiger partial charge in [0, 0.05) is 36.7 Å². The fraction of sp³-hybridized carbons (Fsp3) is 0.657. The van der Waals surface area contributed by atoms with Gasteiger partial charge in [0.15, 0.2) is 9.84 Å². The standard InChI is InChI=1S/C35H48N2O2S/c38-40(39,32-12-4-5-13-32)33-17-15-31(16-18-33)37-25-27(26-37)24-36-22-19-30(20-23-36)35(29-10-2-3-11-29)21-7-9-28-8-1-6-14-34(28)35/h1,6,8,14-18,27,29-30,32H,2-5,7,9-13,19-26H2. The topological polar surface area (TPSA) is 40.6 Å². The van der Waals surface area contributed by atoms with E-state index in [2.05, 4.69) is 34.1 Å². The van der Waals surface area contributed by atoms with E-state index in [4.69, 9.17) is 0 Å². The molecular weight excluding hydrogens is 512 g/mol. The van der Waals surface area contributed by atoms with E-state index in [1.807, 2.05) is 24.3 Å². The summed E-state index contributed by atoms with van der Waals surface area (Å²) in [5, 5.41) is -0.170. The largest absolute Gasteiger partial charge is 0.371 e. The third-order valence-electron chi connectivity index (χ3n) is 11.7. The number of aryl methyl sites for hydroxylation is 1. The molecule has 2 aliphatic heterocycles. The molecule has 0 N–H and O–H groups in total. The molecule has 2 aromatic rings. The first-order chi connectivity index (χ1) is 19.5. The van der Waals surface area contributed by atoms with Crippen LogP contribution in [0, 0.1) is 17.8 Å². The second kappa shape index (κ2) is 11.1. The molecule has 3 aliphatic carbocycles. The molecule has 0 bridgehead atoms. The van der Waals surface area contributed by atoms with Crippen molar-refractivity contribution in [2.45, 2.75) is 99.0 Å². The van der Waals surface area contributed by atoms with E-state index in [1.165, 1.54) is 83.1 Å². The van der Waals surface area contributed by atoms with Crippen LogP contribution in [0.1, 0.15) is 88.2 Å². The first-order valence-corrected chi connectivity index (χ1v) is 18.0. The Labute approximate surface area is 242 Å². The molecule has 7 rings (SSSR count). The molecule has 2 saturated carbocycles. The first kappa shape index (κ1) is 27.0. The van der Waals surface area contributed by atoms with Crippen molar-refractivity contribution < 1.29 is 8.42 Å². The van der Waals surface area contributed by atoms with E-state index < -0.39 is 9.84 Å². The van der Waals surface area contributed by atoms with Gasteiger partial charge < -0.3 is 9.80 Å². The molecule has 1 unspecified atom stereocenters. The second-order valence-electron chi connectivity index (χ2n) is 13.8. The summed E-state index contributed by atoms with van der Waals surface area (Å²) >= 11 is 0. The lowest BCUT2D eigenvalue weighted by Crippen LogP contribution is -2.54. The summed E-state index contributed by atoms with van der Waals surface area (Å²) in [6.07, 6.45) is 16.3. The minimum Gasteiger partial charge on any atom is -0.371 e. The van der Waals surface area contributed by atoms with Crippen molar-refractivity contribution in [3.8, 4) is 0 Å². The Hall–Kier alpha value is -1.85. The summed E-state index contributed by atoms with van der Waals surface area (Å²) in [5.41, 5.74) is 5.00. The van der Waals surface area contributed by atoms with Crippen LogP contribution in [0.5, 0.6) is 0 Å². The zero-order valence-corrected chi connectivity index (χ0v) is 25.1. The van der Waals surface area contributed by atoms with Crippen molar-refractivity contribution in [2.75, 3.05) is 37.6 Å². The van der Waals surface area contributed by atoms with Gasteiger partial charge in [-0.25, -0.2) is 8.42 Å². The highest BCUT2D eigenvalue weighted by Gasteiger charge is 2.49. The molecule has 2 saturated heterocycles. The average Bonchev–Trinajstić information content (AvgIpc) is 3.71. The maximum atomic E-state index is 12.9. The smallest absolute Gasteiger partial charge is 0.181 e. The first-order valence-electron chi connectivity index (χ1n) is 16.4. The van der Waals surface area contributed by atoms with Crippen LogP contribution >= 0.6 is 0 Å². The third kappa shape index (κ3) is 4.83. The lowest BCUT2D eigenvalue weighted by Gasteiger charge is -2.52. The number of rotatable bonds is 7. The predicted octanol–water partition coefficient (Wildman–Crippen LogP) is 7.02. The molecule has 4 fully saturated rings. The van der Waals surface area contributed by atoms with E-state index in [0.717, 1.165) is 56.5 Å². The number of benzene rings is 2. The quantitative estimate of drug-likeness (QED) is 0.365. The second-order valence-corrected chi connectivity index (χ2v) is 16.1. The van der Waals surface area contributed by atoms with Crippen LogP contribution < -0.4 is 4.90 Å². The maximum Gasteiger partial charge on any atom is 0.181 e. The van der Waals surface area contributed by atoms with Crippen molar-refractivity contribution in [2.24, 2.45) is 17.8 Å². The number of piperidine rings is 1. The zero-order chi connectivity index (χ0) is 27.2. The number of likely N-dealkylation sites (tertiary alicyclic amines) is 1. The van der Waals surface area contributed by atoms with Crippen molar-refractivity contribution in [3.63, 3.8) is 0 Å². The van der Waals surface area contributed by atoms with Gasteiger partial charge >= 0.3 is 0 Å². The highest BCUT2D eigenvalue weighted by molar-refractivity contribution is 7.92. The van der Waals surface area contributed by atoms with Crippen LogP contribution in [0.15, 0.2) is 53.4 Å². The van der Waals surface area contributed by atoms with Crippen LogP contribution in [-0.4, -0.2) is 51.3 Å². The number of nitrogens with zero attached hydrogens (tertiary/aromatic N) is 2. The molecule has 216 valence electrons. The molecule has 0 radical (unpaired) electrons. The van der Waals surface area contributed by atoms with Crippen LogP contribution in [-0.2, 0) is 21.7 Å². The summed E-state index contributed by atoms with van der Waals surface area (Å²) in [6.45, 7) is 5.91. The molecule has 5 aliphatic rings. The Kier molecular flexibility index (Phi) is 7.49. The molecule has 4 nitrogen and oxygen atoms in total. The molecular formula is C35H48N2O2S. The highest BCUT2D eigenvalue weighted by atomic mass is 32.2. The summed E-state index contributed by atoms with van der Waals surface area (Å²) < 4.78 is 25.9. The Morgan fingerprint density at radius 1 is 0.750 bits per heavy atom. The molecule has 0 aromatic heterocycles. The van der Waals surface area contributed by atoms with E-state index >= 15 is 0 Å². The summed E-state index contributed by atoms with van der Waals surface area (Å²) in [7, 11) is -3.16. The summed E-state index contributed by atoms with van der Waals surface area (Å²) in [5.74, 6) is 2.45. The fourth-order valence-electron chi connectivity index (χ4n) is 9.65. The number of hydrogen-bond donors (Lipinski definition) is 0. The normalized spacial score (nSPS) is 27.6. The Balaban J connectivity index is 0.946. The average molecular weight is 561 g/mol. The summed E-state index contributed by atoms with van der Waals surface area (Å²) in [4.78, 5) is 5.70. The van der Waals surface area contributed by atoms with E-state index in [9.17, 15) is 8.42 Å². The van der Waals surface area contributed by atoms with E-state index in [1.54, 1.807) is 11.1 Å². The van der Waals surface area contributed by atoms with E-state index in [-0.39, 0.29) is 5.25 Å². The van der Waals surface area contributed by atoms with Crippen LogP contribution in [0.25, 0.3) is 0 Å². The fourth-order valence-corrected chi connectivity index (χ4v) is 11.5. The van der Waals surface area contributed by atoms with Crippen molar-refractivity contribution in [1.82, 2.24) is 4.90 Å². The van der Waals surface area contributed by atoms with Crippen LogP contribution in [0.2, 0.25) is 0 Å². The molecule has 5 heteroatoms. The number of fused-ring (bicyclic) bond motifs is 1. The predicted molar refractivity (Wildman–Crippen MR) is 164 cm³/mol. The van der Waals surface area contributed by atoms with Gasteiger partial charge in [-0.15, -0.1) is 0 Å². The van der Waals surface area contributed by atoms with Gasteiger partial charge in [-0.1, -0.05) is 49.9 Å². The Morgan fingerprint density at radius 3 is 2.12 bits per heavy atom. The molecule has 2 heterocycles. The monoisotopic (exact) mass is 560 g/mol. The number of anilines is 1. The molecule has 2 aromatic carbocycles. The van der Waals surface area contributed by atoms with Gasteiger partial charge in [0.2, 0.25) is 0 Å². The van der Waals surface area contributed by atoms with Crippen molar-refractivity contribution >= 4 is 15.5 Å². The molecule has 1 atom stereocenters. The van der Waals surface area contributed by atoms with Gasteiger partial charge in [0.05, 0.1) is 10.1 Å². The van der Waals surface area contributed by atoms with Gasteiger partial charge in [-0.2, -0.15) is 0 Å². The van der Waals surface area contributed by atoms with E-state index in [0.29, 0.717) is 10.3 Å². The highest BCUT2D eigenvalue weighted by Crippen LogP contribution is 2.55. The lowest BCUT2D eigenvalue weighted by atomic mass is 9.54. The molecule has 0 spiro atoms. The number of hydrogen-bond acceptors (Lipinski definition) is 4. The zero-order valence-electron chi connectivity index (χ0n) is 24.3. The summed E-state index contributed by atoms with van der Waals surface area (Å²) in [6, 6.07) is 17.3. The van der Waals surface area contributed by atoms with Gasteiger partial charge in [-0.3, -0.25) is 0 Å². The molecule has 40 heavy (non-hydrogen) atoms. The lowest BCUT2D eigenvalue weighted by molar-refractivity contribution is 0.0648. The number of sulfone groups is 1. The van der Waals surface area contributed by atoms with Crippen molar-refractivity contribution in [3.05, 3.63) is 59.7 Å². The molecule has 0 amide bonds. The minimum absolute atomic E-state index is 0.170. The van der Waals surface area contributed by atoms with Gasteiger partial charge in [-0.05, 0) is 118 Å². The Morgan fingerprint density at radius 2 is 1.40 bits per heavy atom.